The fourth-order valence-corrected chi connectivity index (χ4v) is 1.86. The zero-order valence-corrected chi connectivity index (χ0v) is 12.7. The Morgan fingerprint density at radius 3 is 2.42 bits per heavy atom. The van der Waals surface area contributed by atoms with Gasteiger partial charge in [0.2, 0.25) is 0 Å². The Morgan fingerprint density at radius 1 is 1.00 bits per heavy atom. The highest BCUT2D eigenvalue weighted by Gasteiger charge is 2.08. The Hall–Kier alpha value is -0.860. The molecule has 0 unspecified atom stereocenters. The molecular weight excluding hydrogens is 234 g/mol. The average Bonchev–Trinajstić information content (AvgIpc) is 2.37. The summed E-state index contributed by atoms with van der Waals surface area (Å²) < 4.78 is 5.63. The smallest absolute Gasteiger partial charge is 0.0590 e. The van der Waals surface area contributed by atoms with Crippen molar-refractivity contribution in [2.45, 2.75) is 40.0 Å². The molecule has 0 aliphatic rings. The van der Waals surface area contributed by atoms with Gasteiger partial charge < -0.3 is 10.1 Å². The molecule has 0 amide bonds. The largest absolute Gasteiger partial charge is 0.380 e. The van der Waals surface area contributed by atoms with Gasteiger partial charge in [-0.15, -0.1) is 0 Å². The molecule has 0 spiro atoms. The van der Waals surface area contributed by atoms with Gasteiger partial charge in [-0.1, -0.05) is 51.1 Å². The first kappa shape index (κ1) is 16.2. The summed E-state index contributed by atoms with van der Waals surface area (Å²) in [5.74, 6) is 0. The van der Waals surface area contributed by atoms with Crippen molar-refractivity contribution < 1.29 is 4.74 Å². The maximum absolute atomic E-state index is 5.63. The Labute approximate surface area is 118 Å². The summed E-state index contributed by atoms with van der Waals surface area (Å²) in [4.78, 5) is 0. The van der Waals surface area contributed by atoms with Crippen molar-refractivity contribution in [3.05, 3.63) is 35.9 Å². The van der Waals surface area contributed by atoms with Crippen molar-refractivity contribution in [2.24, 2.45) is 5.41 Å². The number of benzene rings is 1. The van der Waals surface area contributed by atoms with Crippen molar-refractivity contribution in [3.63, 3.8) is 0 Å². The van der Waals surface area contributed by atoms with E-state index in [2.05, 4.69) is 56.4 Å². The lowest BCUT2D eigenvalue weighted by Gasteiger charge is -2.18. The van der Waals surface area contributed by atoms with Crippen molar-refractivity contribution in [1.29, 1.82) is 0 Å². The standard InChI is InChI=1S/C17H29NO/c1-17(2,3)11-12-18-13-15-19-14-7-10-16-8-5-4-6-9-16/h4-6,8-9,18H,7,10-15H2,1-3H3. The molecule has 0 fully saturated rings. The number of hydrogen-bond acceptors (Lipinski definition) is 2. The minimum absolute atomic E-state index is 0.420. The third-order valence-corrected chi connectivity index (χ3v) is 3.07. The number of ether oxygens (including phenoxy) is 1. The van der Waals surface area contributed by atoms with E-state index in [0.717, 1.165) is 39.1 Å². The molecule has 108 valence electrons. The van der Waals surface area contributed by atoms with Crippen LogP contribution in [0.3, 0.4) is 0 Å². The van der Waals surface area contributed by atoms with Crippen LogP contribution in [0.15, 0.2) is 30.3 Å². The third-order valence-electron chi connectivity index (χ3n) is 3.07. The summed E-state index contributed by atoms with van der Waals surface area (Å²) in [7, 11) is 0. The number of nitrogens with one attached hydrogen (secondary N) is 1. The van der Waals surface area contributed by atoms with E-state index in [0.29, 0.717) is 5.41 Å². The summed E-state index contributed by atoms with van der Waals surface area (Å²) in [5, 5.41) is 3.43. The van der Waals surface area contributed by atoms with Crippen LogP contribution in [0.25, 0.3) is 0 Å². The van der Waals surface area contributed by atoms with E-state index in [9.17, 15) is 0 Å². The van der Waals surface area contributed by atoms with E-state index < -0.39 is 0 Å². The predicted octanol–water partition coefficient (Wildman–Crippen LogP) is 3.66. The number of hydrogen-bond donors (Lipinski definition) is 1. The number of aryl methyl sites for hydroxylation is 1. The lowest BCUT2D eigenvalue weighted by molar-refractivity contribution is 0.133. The molecule has 0 saturated carbocycles. The first-order valence-corrected chi connectivity index (χ1v) is 7.40. The second kappa shape index (κ2) is 9.11. The van der Waals surface area contributed by atoms with Crippen molar-refractivity contribution in [3.8, 4) is 0 Å². The van der Waals surface area contributed by atoms with E-state index in [1.807, 2.05) is 0 Å². The monoisotopic (exact) mass is 263 g/mol. The number of rotatable bonds is 9. The molecule has 1 rings (SSSR count). The highest BCUT2D eigenvalue weighted by Crippen LogP contribution is 2.16. The normalized spacial score (nSPS) is 11.7. The molecule has 0 atom stereocenters. The fraction of sp³-hybridized carbons (Fsp3) is 0.647. The van der Waals surface area contributed by atoms with Crippen LogP contribution in [0.1, 0.15) is 39.2 Å². The molecule has 0 aromatic heterocycles. The highest BCUT2D eigenvalue weighted by molar-refractivity contribution is 5.14. The van der Waals surface area contributed by atoms with Gasteiger partial charge in [0.1, 0.15) is 0 Å². The van der Waals surface area contributed by atoms with E-state index in [4.69, 9.17) is 4.74 Å². The van der Waals surface area contributed by atoms with Gasteiger partial charge in [-0.3, -0.25) is 0 Å². The second-order valence-corrected chi connectivity index (χ2v) is 6.26. The second-order valence-electron chi connectivity index (χ2n) is 6.26. The molecular formula is C17H29NO. The van der Waals surface area contributed by atoms with Crippen LogP contribution < -0.4 is 5.32 Å². The topological polar surface area (TPSA) is 21.3 Å². The molecule has 0 radical (unpaired) electrons. The van der Waals surface area contributed by atoms with Gasteiger partial charge in [-0.05, 0) is 36.8 Å². The molecule has 0 aliphatic carbocycles. The summed E-state index contributed by atoms with van der Waals surface area (Å²) in [6.07, 6.45) is 3.42. The summed E-state index contributed by atoms with van der Waals surface area (Å²) in [6, 6.07) is 10.6. The van der Waals surface area contributed by atoms with Crippen LogP contribution in [0.5, 0.6) is 0 Å². The zero-order valence-electron chi connectivity index (χ0n) is 12.7. The average molecular weight is 263 g/mol. The van der Waals surface area contributed by atoms with Gasteiger partial charge in [0.05, 0.1) is 6.61 Å². The van der Waals surface area contributed by atoms with Gasteiger partial charge in [0, 0.05) is 13.2 Å². The first-order chi connectivity index (χ1) is 9.08. The highest BCUT2D eigenvalue weighted by atomic mass is 16.5. The molecule has 1 aromatic carbocycles. The molecule has 1 N–H and O–H groups in total. The van der Waals surface area contributed by atoms with E-state index in [1.165, 1.54) is 12.0 Å². The van der Waals surface area contributed by atoms with Crippen molar-refractivity contribution in [1.82, 2.24) is 5.32 Å². The maximum atomic E-state index is 5.63. The van der Waals surface area contributed by atoms with Gasteiger partial charge in [-0.2, -0.15) is 0 Å². The molecule has 0 bridgehead atoms. The minimum atomic E-state index is 0.420. The predicted molar refractivity (Wildman–Crippen MR) is 82.5 cm³/mol. The first-order valence-electron chi connectivity index (χ1n) is 7.40. The van der Waals surface area contributed by atoms with Gasteiger partial charge in [0.25, 0.3) is 0 Å². The Kier molecular flexibility index (Phi) is 7.76. The molecule has 2 nitrogen and oxygen atoms in total. The van der Waals surface area contributed by atoms with Crippen LogP contribution in [0.4, 0.5) is 0 Å². The molecule has 1 aromatic rings. The van der Waals surface area contributed by atoms with E-state index in [1.54, 1.807) is 0 Å². The summed E-state index contributed by atoms with van der Waals surface area (Å²) in [6.45, 7) is 10.5. The summed E-state index contributed by atoms with van der Waals surface area (Å²) in [5.41, 5.74) is 1.82. The lowest BCUT2D eigenvalue weighted by Crippen LogP contribution is -2.24. The van der Waals surface area contributed by atoms with Crippen LogP contribution in [-0.4, -0.2) is 26.3 Å². The van der Waals surface area contributed by atoms with Gasteiger partial charge in [0.15, 0.2) is 0 Å². The maximum Gasteiger partial charge on any atom is 0.0590 e. The van der Waals surface area contributed by atoms with Gasteiger partial charge in [-0.25, -0.2) is 0 Å². The van der Waals surface area contributed by atoms with E-state index >= 15 is 0 Å². The minimum Gasteiger partial charge on any atom is -0.380 e. The molecule has 19 heavy (non-hydrogen) atoms. The fourth-order valence-electron chi connectivity index (χ4n) is 1.86. The summed E-state index contributed by atoms with van der Waals surface area (Å²) >= 11 is 0. The van der Waals surface area contributed by atoms with E-state index in [-0.39, 0.29) is 0 Å². The van der Waals surface area contributed by atoms with Crippen molar-refractivity contribution in [2.75, 3.05) is 26.3 Å². The molecule has 2 heteroatoms. The Balaban J connectivity index is 1.87. The zero-order chi connectivity index (χ0) is 14.0. The van der Waals surface area contributed by atoms with Gasteiger partial charge >= 0.3 is 0 Å². The lowest BCUT2D eigenvalue weighted by atomic mass is 9.92. The third kappa shape index (κ3) is 9.69. The Bertz CT molecular complexity index is 316. The molecule has 0 saturated heterocycles. The molecule has 0 aliphatic heterocycles. The van der Waals surface area contributed by atoms with Crippen molar-refractivity contribution >= 4 is 0 Å². The van der Waals surface area contributed by atoms with Crippen LogP contribution >= 0.6 is 0 Å². The molecule has 0 heterocycles. The quantitative estimate of drug-likeness (QED) is 0.687. The Morgan fingerprint density at radius 2 is 1.74 bits per heavy atom. The van der Waals surface area contributed by atoms with Crippen LogP contribution in [0.2, 0.25) is 0 Å². The SMILES string of the molecule is CC(C)(C)CCNCCOCCCc1ccccc1. The van der Waals surface area contributed by atoms with Crippen LogP contribution in [-0.2, 0) is 11.2 Å². The van der Waals surface area contributed by atoms with Crippen LogP contribution in [0, 0.1) is 5.41 Å².